The van der Waals surface area contributed by atoms with E-state index in [0.717, 1.165) is 5.56 Å². The van der Waals surface area contributed by atoms with Gasteiger partial charge >= 0.3 is 0 Å². The van der Waals surface area contributed by atoms with Gasteiger partial charge in [0.2, 0.25) is 0 Å². The fourth-order valence-corrected chi connectivity index (χ4v) is 1.74. The molecule has 1 aromatic carbocycles. The summed E-state index contributed by atoms with van der Waals surface area (Å²) >= 11 is 0. The van der Waals surface area contributed by atoms with Crippen LogP contribution in [-0.2, 0) is 0 Å². The molecule has 6 nitrogen and oxygen atoms in total. The Bertz CT molecular complexity index is 566. The second-order valence-electron chi connectivity index (χ2n) is 4.18. The van der Waals surface area contributed by atoms with Crippen LogP contribution in [0.4, 0.5) is 5.69 Å². The number of nitrogen functional groups attached to an aromatic ring is 1. The van der Waals surface area contributed by atoms with Gasteiger partial charge in [0.05, 0.1) is 25.0 Å². The normalized spacial score (nSPS) is 11.9. The predicted molar refractivity (Wildman–Crippen MR) is 71.9 cm³/mol. The molecular weight excluding hydrogens is 244 g/mol. The van der Waals surface area contributed by atoms with Crippen molar-refractivity contribution in [1.29, 1.82) is 0 Å². The lowest BCUT2D eigenvalue weighted by molar-refractivity contribution is 0.0940. The average Bonchev–Trinajstić information content (AvgIpc) is 2.92. The van der Waals surface area contributed by atoms with Crippen LogP contribution in [0.3, 0.4) is 0 Å². The zero-order valence-electron chi connectivity index (χ0n) is 10.8. The highest BCUT2D eigenvalue weighted by Crippen LogP contribution is 2.22. The highest BCUT2D eigenvalue weighted by molar-refractivity contribution is 5.95. The molecule has 0 saturated heterocycles. The molecule has 0 aliphatic carbocycles. The van der Waals surface area contributed by atoms with E-state index in [9.17, 15) is 4.79 Å². The lowest BCUT2D eigenvalue weighted by Gasteiger charge is -2.13. The smallest absolute Gasteiger partial charge is 0.251 e. The van der Waals surface area contributed by atoms with E-state index in [-0.39, 0.29) is 11.9 Å². The Morgan fingerprint density at radius 3 is 2.89 bits per heavy atom. The minimum atomic E-state index is -0.192. The van der Waals surface area contributed by atoms with Gasteiger partial charge < -0.3 is 15.8 Å². The summed E-state index contributed by atoms with van der Waals surface area (Å²) in [6.45, 7) is 1.88. The van der Waals surface area contributed by atoms with E-state index in [1.165, 1.54) is 7.11 Å². The number of benzene rings is 1. The molecule has 1 atom stereocenters. The van der Waals surface area contributed by atoms with Gasteiger partial charge in [0, 0.05) is 17.3 Å². The van der Waals surface area contributed by atoms with E-state index in [4.69, 9.17) is 10.5 Å². The molecule has 0 aliphatic heterocycles. The van der Waals surface area contributed by atoms with Gasteiger partial charge in [-0.15, -0.1) is 0 Å². The number of carbonyl (C=O) groups is 1. The quantitative estimate of drug-likeness (QED) is 0.726. The summed E-state index contributed by atoms with van der Waals surface area (Å²) < 4.78 is 5.05. The van der Waals surface area contributed by atoms with E-state index in [2.05, 4.69) is 15.5 Å². The van der Waals surface area contributed by atoms with Crippen molar-refractivity contribution < 1.29 is 9.53 Å². The van der Waals surface area contributed by atoms with Crippen LogP contribution in [0, 0.1) is 0 Å². The van der Waals surface area contributed by atoms with Crippen molar-refractivity contribution in [2.75, 3.05) is 12.8 Å². The molecule has 0 bridgehead atoms. The molecular formula is C13H16N4O2. The van der Waals surface area contributed by atoms with Gasteiger partial charge in [0.25, 0.3) is 5.91 Å². The van der Waals surface area contributed by atoms with Crippen molar-refractivity contribution in [3.05, 3.63) is 41.7 Å². The summed E-state index contributed by atoms with van der Waals surface area (Å²) in [4.78, 5) is 12.1. The number of aromatic amines is 1. The van der Waals surface area contributed by atoms with E-state index in [1.54, 1.807) is 30.6 Å². The standard InChI is InChI=1S/C13H16N4O2/c1-8(10-6-15-16-7-10)17-13(18)9-3-4-12(19-2)11(14)5-9/h3-8H,14H2,1-2H3,(H,15,16)(H,17,18). The first-order valence-corrected chi connectivity index (χ1v) is 5.85. The summed E-state index contributed by atoms with van der Waals surface area (Å²) in [5.41, 5.74) is 7.62. The van der Waals surface area contributed by atoms with Crippen LogP contribution in [0.2, 0.25) is 0 Å². The molecule has 6 heteroatoms. The Morgan fingerprint density at radius 1 is 1.53 bits per heavy atom. The molecule has 2 rings (SSSR count). The molecule has 1 heterocycles. The number of carbonyl (C=O) groups excluding carboxylic acids is 1. The first-order valence-electron chi connectivity index (χ1n) is 5.85. The number of amides is 1. The van der Waals surface area contributed by atoms with Crippen molar-refractivity contribution in [1.82, 2.24) is 15.5 Å². The first-order chi connectivity index (χ1) is 9.11. The molecule has 0 fully saturated rings. The van der Waals surface area contributed by atoms with Crippen LogP contribution in [0.1, 0.15) is 28.9 Å². The third kappa shape index (κ3) is 2.85. The molecule has 0 saturated carbocycles. The fraction of sp³-hybridized carbons (Fsp3) is 0.231. The SMILES string of the molecule is COc1ccc(C(=O)NC(C)c2cn[nH]c2)cc1N. The summed E-state index contributed by atoms with van der Waals surface area (Å²) in [5.74, 6) is 0.363. The Morgan fingerprint density at radius 2 is 2.32 bits per heavy atom. The van der Waals surface area contributed by atoms with Crippen molar-refractivity contribution in [3.63, 3.8) is 0 Å². The van der Waals surface area contributed by atoms with E-state index >= 15 is 0 Å². The second kappa shape index (κ2) is 5.43. The maximum atomic E-state index is 12.1. The number of rotatable bonds is 4. The first kappa shape index (κ1) is 12.9. The van der Waals surface area contributed by atoms with E-state index in [0.29, 0.717) is 17.0 Å². The number of anilines is 1. The zero-order chi connectivity index (χ0) is 13.8. The van der Waals surface area contributed by atoms with Crippen LogP contribution < -0.4 is 15.8 Å². The number of hydrogen-bond donors (Lipinski definition) is 3. The van der Waals surface area contributed by atoms with Gasteiger partial charge in [-0.2, -0.15) is 5.10 Å². The van der Waals surface area contributed by atoms with Gasteiger partial charge in [-0.05, 0) is 25.1 Å². The molecule has 100 valence electrons. The average molecular weight is 260 g/mol. The Kier molecular flexibility index (Phi) is 3.70. The van der Waals surface area contributed by atoms with Crippen molar-refractivity contribution in [2.45, 2.75) is 13.0 Å². The summed E-state index contributed by atoms with van der Waals surface area (Å²) in [6.07, 6.45) is 3.42. The number of aromatic nitrogens is 2. The zero-order valence-corrected chi connectivity index (χ0v) is 10.8. The molecule has 1 aromatic heterocycles. The number of H-pyrrole nitrogens is 1. The van der Waals surface area contributed by atoms with Crippen LogP contribution in [0.25, 0.3) is 0 Å². The summed E-state index contributed by atoms with van der Waals surface area (Å²) in [5, 5.41) is 9.43. The number of nitrogens with one attached hydrogen (secondary N) is 2. The summed E-state index contributed by atoms with van der Waals surface area (Å²) in [7, 11) is 1.53. The van der Waals surface area contributed by atoms with Crippen LogP contribution in [0.5, 0.6) is 5.75 Å². The minimum Gasteiger partial charge on any atom is -0.495 e. The summed E-state index contributed by atoms with van der Waals surface area (Å²) in [6, 6.07) is 4.81. The molecule has 0 radical (unpaired) electrons. The lowest BCUT2D eigenvalue weighted by atomic mass is 10.1. The largest absolute Gasteiger partial charge is 0.495 e. The molecule has 1 amide bonds. The topological polar surface area (TPSA) is 93.0 Å². The van der Waals surface area contributed by atoms with Crippen LogP contribution in [-0.4, -0.2) is 23.2 Å². The van der Waals surface area contributed by atoms with Crippen molar-refractivity contribution >= 4 is 11.6 Å². The number of methoxy groups -OCH3 is 1. The fourth-order valence-electron chi connectivity index (χ4n) is 1.74. The Labute approximate surface area is 111 Å². The number of nitrogens with zero attached hydrogens (tertiary/aromatic N) is 1. The van der Waals surface area contributed by atoms with Gasteiger partial charge in [-0.3, -0.25) is 9.89 Å². The number of ether oxygens (including phenoxy) is 1. The maximum absolute atomic E-state index is 12.1. The van der Waals surface area contributed by atoms with Crippen molar-refractivity contribution in [2.24, 2.45) is 0 Å². The maximum Gasteiger partial charge on any atom is 0.251 e. The van der Waals surface area contributed by atoms with Gasteiger partial charge in [0.1, 0.15) is 5.75 Å². The molecule has 4 N–H and O–H groups in total. The third-order valence-corrected chi connectivity index (χ3v) is 2.86. The molecule has 19 heavy (non-hydrogen) atoms. The number of hydrogen-bond acceptors (Lipinski definition) is 4. The molecule has 2 aromatic rings. The van der Waals surface area contributed by atoms with E-state index < -0.39 is 0 Å². The predicted octanol–water partition coefficient (Wildman–Crippen LogP) is 1.49. The van der Waals surface area contributed by atoms with Gasteiger partial charge in [0.15, 0.2) is 0 Å². The Balaban J connectivity index is 2.10. The molecule has 0 spiro atoms. The highest BCUT2D eigenvalue weighted by Gasteiger charge is 2.13. The third-order valence-electron chi connectivity index (χ3n) is 2.86. The second-order valence-corrected chi connectivity index (χ2v) is 4.18. The molecule has 1 unspecified atom stereocenters. The highest BCUT2D eigenvalue weighted by atomic mass is 16.5. The van der Waals surface area contributed by atoms with Crippen molar-refractivity contribution in [3.8, 4) is 5.75 Å². The van der Waals surface area contributed by atoms with Crippen LogP contribution in [0.15, 0.2) is 30.6 Å². The molecule has 0 aliphatic rings. The minimum absolute atomic E-state index is 0.130. The Hall–Kier alpha value is -2.50. The van der Waals surface area contributed by atoms with Crippen LogP contribution >= 0.6 is 0 Å². The monoisotopic (exact) mass is 260 g/mol. The van der Waals surface area contributed by atoms with E-state index in [1.807, 2.05) is 6.92 Å². The number of nitrogens with two attached hydrogens (primary N) is 1. The van der Waals surface area contributed by atoms with Gasteiger partial charge in [-0.25, -0.2) is 0 Å². The lowest BCUT2D eigenvalue weighted by Crippen LogP contribution is -2.26. The van der Waals surface area contributed by atoms with Gasteiger partial charge in [-0.1, -0.05) is 0 Å².